The molecule has 1 N–H and O–H groups in total. The number of carbonyl (C=O) groups is 4. The van der Waals surface area contributed by atoms with Crippen molar-refractivity contribution in [2.75, 3.05) is 27.6 Å². The minimum Gasteiger partial charge on any atom is -0.496 e. The fraction of sp³-hybridized carbons (Fsp3) is 0.286. The lowest BCUT2D eigenvalue weighted by atomic mass is 10.0. The zero-order valence-electron chi connectivity index (χ0n) is 46.5. The summed E-state index contributed by atoms with van der Waals surface area (Å²) in [6, 6.07) is 40.1. The highest BCUT2D eigenvalue weighted by Gasteiger charge is 2.32. The van der Waals surface area contributed by atoms with Crippen LogP contribution in [0.2, 0.25) is 0 Å². The molecule has 0 radical (unpaired) electrons. The number of hydrogen-bond acceptors (Lipinski definition) is 11. The molecule has 0 saturated heterocycles. The van der Waals surface area contributed by atoms with Crippen molar-refractivity contribution in [1.29, 1.82) is 0 Å². The number of Topliss-reactive ketones (excluding diaryl/α,β-unsaturated/α-hetero) is 2. The van der Waals surface area contributed by atoms with E-state index in [0.29, 0.717) is 59.3 Å². The van der Waals surface area contributed by atoms with E-state index in [1.807, 2.05) is 109 Å². The molecule has 0 fully saturated rings. The van der Waals surface area contributed by atoms with Gasteiger partial charge in [0.25, 0.3) is 13.3 Å². The summed E-state index contributed by atoms with van der Waals surface area (Å²) in [5.41, 5.74) is 6.82. The van der Waals surface area contributed by atoms with Gasteiger partial charge in [0.1, 0.15) is 11.5 Å². The highest BCUT2D eigenvalue weighted by molar-refractivity contribution is 9.10. The summed E-state index contributed by atoms with van der Waals surface area (Å²) < 4.78 is 16.4. The Balaban J connectivity index is 0.000000206. The highest BCUT2D eigenvalue weighted by Crippen LogP contribution is 2.32. The summed E-state index contributed by atoms with van der Waals surface area (Å²) >= 11 is 9.26. The molecule has 0 saturated carbocycles. The van der Waals surface area contributed by atoms with Crippen molar-refractivity contribution in [3.63, 3.8) is 0 Å². The number of carboxylic acids is 1. The van der Waals surface area contributed by atoms with E-state index < -0.39 is 5.97 Å². The van der Waals surface area contributed by atoms with Crippen LogP contribution in [-0.4, -0.2) is 90.2 Å². The zero-order chi connectivity index (χ0) is 57.6. The molecule has 0 atom stereocenters. The van der Waals surface area contributed by atoms with E-state index >= 15 is 0 Å². The van der Waals surface area contributed by atoms with Crippen LogP contribution in [0.15, 0.2) is 152 Å². The largest absolute Gasteiger partial charge is 0.675 e. The number of ketones is 2. The van der Waals surface area contributed by atoms with Gasteiger partial charge < -0.3 is 14.6 Å². The fourth-order valence-electron chi connectivity index (χ4n) is 7.38. The van der Waals surface area contributed by atoms with E-state index in [4.69, 9.17) is 14.6 Å². The number of para-hydroxylation sites is 1. The number of thiol groups is 1. The Morgan fingerprint density at radius 1 is 0.590 bits per heavy atom. The normalized spacial score (nSPS) is 11.9. The van der Waals surface area contributed by atoms with E-state index in [1.54, 1.807) is 76.4 Å². The number of benzene rings is 6. The van der Waals surface area contributed by atoms with Gasteiger partial charge in [0.15, 0.2) is 29.4 Å². The van der Waals surface area contributed by atoms with Gasteiger partial charge in [-0.2, -0.15) is 4.79 Å². The van der Waals surface area contributed by atoms with Crippen LogP contribution >= 0.6 is 39.9 Å². The van der Waals surface area contributed by atoms with Crippen molar-refractivity contribution in [3.8, 4) is 11.5 Å². The number of amides is 2. The maximum Gasteiger partial charge on any atom is 0.675 e. The number of urea groups is 1. The van der Waals surface area contributed by atoms with Crippen LogP contribution in [0.25, 0.3) is 20.2 Å². The van der Waals surface area contributed by atoms with E-state index in [-0.39, 0.29) is 23.0 Å². The molecule has 408 valence electrons. The average molecular weight is 1160 g/mol. The van der Waals surface area contributed by atoms with Gasteiger partial charge >= 0.3 is 12.0 Å². The average Bonchev–Trinajstić information content (AvgIpc) is 4.23. The van der Waals surface area contributed by atoms with Crippen LogP contribution in [0, 0.1) is 0 Å². The highest BCUT2D eigenvalue weighted by atomic mass is 79.9. The second-order valence-electron chi connectivity index (χ2n) is 19.2. The predicted molar refractivity (Wildman–Crippen MR) is 328 cm³/mol. The van der Waals surface area contributed by atoms with Crippen LogP contribution in [0.5, 0.6) is 11.5 Å². The van der Waals surface area contributed by atoms with Crippen molar-refractivity contribution >= 4 is 108 Å². The Morgan fingerprint density at radius 3 is 1.49 bits per heavy atom. The molecule has 3 heterocycles. The maximum atomic E-state index is 12.7. The second-order valence-corrected chi connectivity index (χ2v) is 21.6. The summed E-state index contributed by atoms with van der Waals surface area (Å²) in [6.07, 6.45) is 6.56. The van der Waals surface area contributed by atoms with Crippen LogP contribution in [0.3, 0.4) is 0 Å². The minimum atomic E-state index is -0.870. The molecule has 78 heavy (non-hydrogen) atoms. The number of aromatic carboxylic acids is 1. The van der Waals surface area contributed by atoms with Crippen LogP contribution in [0.1, 0.15) is 146 Å². The number of halogens is 1. The Hall–Kier alpha value is -7.20. The van der Waals surface area contributed by atoms with Gasteiger partial charge in [0.05, 0.1) is 42.1 Å². The van der Waals surface area contributed by atoms with E-state index in [0.717, 1.165) is 35.5 Å². The third-order valence-electron chi connectivity index (χ3n) is 12.2. The SMILES string of the molecule is CC(=O)c1ccc(C(C)C)cc1.CC(=O)c1ccc(C(C)C)cc1S.CC(C)c1ccc(C(=O)O)cc1.COc1cccc2sc3cc(C(C)C)ccc3c(=O)c12.COc1ccccc1Br.O=C([N+]1=CC=NC1)[N+]1=CC=NC1. The molecule has 2 amide bonds. The number of aliphatic imine (C=N–C) groups is 2. The number of carbonyl (C=O) groups excluding carboxylic acids is 3. The molecule has 9 rings (SSSR count). The molecular formula is C63H71BrN4O8S2+2. The van der Waals surface area contributed by atoms with Gasteiger partial charge in [0.2, 0.25) is 0 Å². The molecule has 6 aromatic carbocycles. The summed E-state index contributed by atoms with van der Waals surface area (Å²) in [5.74, 6) is 2.78. The summed E-state index contributed by atoms with van der Waals surface area (Å²) in [5, 5.41) is 10.1. The molecule has 2 aliphatic heterocycles. The first-order valence-electron chi connectivity index (χ1n) is 25.4. The van der Waals surface area contributed by atoms with Crippen LogP contribution < -0.4 is 14.9 Å². The quantitative estimate of drug-likeness (QED) is 0.0627. The Kier molecular flexibility index (Phi) is 25.4. The van der Waals surface area contributed by atoms with Crippen molar-refractivity contribution in [2.24, 2.45) is 9.98 Å². The van der Waals surface area contributed by atoms with Crippen molar-refractivity contribution in [1.82, 2.24) is 0 Å². The predicted octanol–water partition coefficient (Wildman–Crippen LogP) is 15.2. The monoisotopic (exact) mass is 1150 g/mol. The Morgan fingerprint density at radius 2 is 1.06 bits per heavy atom. The third kappa shape index (κ3) is 18.8. The van der Waals surface area contributed by atoms with Crippen LogP contribution in [0.4, 0.5) is 4.79 Å². The number of methoxy groups -OCH3 is 2. The molecule has 0 spiro atoms. The lowest BCUT2D eigenvalue weighted by molar-refractivity contribution is -0.561. The van der Waals surface area contributed by atoms with Gasteiger partial charge in [-0.1, -0.05) is 137 Å². The Bertz CT molecular complexity index is 3290. The molecular weight excluding hydrogens is 1080 g/mol. The molecule has 15 heteroatoms. The summed E-state index contributed by atoms with van der Waals surface area (Å²) in [4.78, 5) is 65.2. The first kappa shape index (κ1) is 63.3. The standard InChI is InChI=1S/C17H16O2S.C11H14OS.C11H14O.C10H12O2.C7H7BrO.C7H8N4O/c1-10(2)11-7-8-12-15(9-11)20-14-6-4-5-13(19-3)16(14)17(12)18;1-7(2)9-4-5-10(8(3)12)11(13)6-9;1-8(2)10-4-6-11(7-5-10)9(3)12;1-7(2)8-3-5-9(6-4-8)10(11)12;1-9-7-5-3-2-4-6(7)8;12-7(10-3-1-8-5-10)11-4-2-9-6-11/h4-10H,1-3H3;4-7,13H,1-3H3;4-8H,1-3H3;3-7H,1-2H3,(H,11,12);2-5H,1H3;1-4H,5-6H2/q;;;;;+2. The first-order valence-corrected chi connectivity index (χ1v) is 27.5. The number of rotatable bonds is 9. The smallest absolute Gasteiger partial charge is 0.496 e. The van der Waals surface area contributed by atoms with E-state index in [9.17, 15) is 24.0 Å². The lowest BCUT2D eigenvalue weighted by Crippen LogP contribution is -2.29. The fourth-order valence-corrected chi connectivity index (χ4v) is 9.35. The molecule has 1 aromatic heterocycles. The minimum absolute atomic E-state index is 0.0570. The molecule has 12 nitrogen and oxygen atoms in total. The third-order valence-corrected chi connectivity index (χ3v) is 14.3. The van der Waals surface area contributed by atoms with Crippen LogP contribution in [-0.2, 0) is 0 Å². The van der Waals surface area contributed by atoms with Gasteiger partial charge in [-0.25, -0.2) is 14.8 Å². The topological polar surface area (TPSA) is 155 Å². The lowest BCUT2D eigenvalue weighted by Gasteiger charge is -2.08. The molecule has 0 unspecified atom stereocenters. The molecule has 7 aromatic rings. The maximum absolute atomic E-state index is 12.7. The summed E-state index contributed by atoms with van der Waals surface area (Å²) in [6.45, 7) is 21.0. The second kappa shape index (κ2) is 31.3. The van der Waals surface area contributed by atoms with Crippen molar-refractivity contribution in [2.45, 2.75) is 97.8 Å². The first-order chi connectivity index (χ1) is 37.1. The number of hydrogen-bond donors (Lipinski definition) is 2. The zero-order valence-corrected chi connectivity index (χ0v) is 49.8. The molecule has 0 aliphatic carbocycles. The Labute approximate surface area is 476 Å². The van der Waals surface area contributed by atoms with Crippen molar-refractivity contribution in [3.05, 3.63) is 181 Å². The molecule has 0 bridgehead atoms. The number of carboxylic acid groups (broad SMARTS) is 1. The van der Waals surface area contributed by atoms with Crippen molar-refractivity contribution < 1.29 is 42.9 Å². The number of nitrogens with zero attached hydrogens (tertiary/aromatic N) is 4. The van der Waals surface area contributed by atoms with Gasteiger partial charge in [-0.05, 0) is 130 Å². The number of fused-ring (bicyclic) bond motifs is 2. The molecule has 2 aliphatic rings. The van der Waals surface area contributed by atoms with Gasteiger partial charge in [-0.3, -0.25) is 14.4 Å². The number of ether oxygens (including phenoxy) is 2. The summed E-state index contributed by atoms with van der Waals surface area (Å²) in [7, 11) is 3.25. The van der Waals surface area contributed by atoms with Gasteiger partial charge in [-0.15, -0.1) is 24.0 Å². The van der Waals surface area contributed by atoms with E-state index in [1.165, 1.54) is 31.4 Å². The van der Waals surface area contributed by atoms with E-state index in [2.05, 4.69) is 100.0 Å². The van der Waals surface area contributed by atoms with Gasteiger partial charge in [0, 0.05) is 30.8 Å².